The monoisotopic (exact) mass is 307 g/mol. The Labute approximate surface area is 129 Å². The van der Waals surface area contributed by atoms with E-state index in [2.05, 4.69) is 12.2 Å². The second kappa shape index (κ2) is 6.41. The third-order valence-electron chi connectivity index (χ3n) is 3.38. The molecule has 0 saturated carbocycles. The zero-order valence-corrected chi connectivity index (χ0v) is 12.7. The average Bonchev–Trinajstić information content (AvgIpc) is 2.94. The first kappa shape index (κ1) is 14.3. The summed E-state index contributed by atoms with van der Waals surface area (Å²) in [7, 11) is 0. The quantitative estimate of drug-likeness (QED) is 0.912. The molecule has 2 heterocycles. The molecular formula is C16H18ClNO3. The number of halogens is 1. The van der Waals surface area contributed by atoms with E-state index in [1.807, 2.05) is 24.3 Å². The summed E-state index contributed by atoms with van der Waals surface area (Å²) >= 11 is 5.90. The number of fused-ring (bicyclic) bond motifs is 1. The first-order valence-corrected chi connectivity index (χ1v) is 7.54. The van der Waals surface area contributed by atoms with E-state index in [1.54, 1.807) is 6.07 Å². The van der Waals surface area contributed by atoms with Crippen LogP contribution >= 0.6 is 11.6 Å². The summed E-state index contributed by atoms with van der Waals surface area (Å²) in [6.07, 6.45) is 1.04. The third-order valence-corrected chi connectivity index (χ3v) is 3.58. The Morgan fingerprint density at radius 3 is 2.67 bits per heavy atom. The molecule has 0 aliphatic carbocycles. The van der Waals surface area contributed by atoms with Crippen LogP contribution in [0.15, 0.2) is 34.7 Å². The van der Waals surface area contributed by atoms with E-state index in [-0.39, 0.29) is 6.04 Å². The fourth-order valence-corrected chi connectivity index (χ4v) is 2.55. The van der Waals surface area contributed by atoms with Crippen molar-refractivity contribution in [2.24, 2.45) is 0 Å². The molecule has 4 nitrogen and oxygen atoms in total. The Bertz CT molecular complexity index is 611. The SMILES string of the molecule is CCCNC(c1ccc2c(c1)OCCO2)c1ccc(Cl)o1. The van der Waals surface area contributed by atoms with Crippen molar-refractivity contribution in [2.45, 2.75) is 19.4 Å². The zero-order chi connectivity index (χ0) is 14.7. The molecule has 2 aromatic rings. The standard InChI is InChI=1S/C16H18ClNO3/c1-2-7-18-16(13-5-6-15(17)21-13)11-3-4-12-14(10-11)20-9-8-19-12/h3-6,10,16,18H,2,7-9H2,1H3. The van der Waals surface area contributed by atoms with Crippen LogP contribution in [0.4, 0.5) is 0 Å². The van der Waals surface area contributed by atoms with E-state index in [0.29, 0.717) is 18.4 Å². The maximum Gasteiger partial charge on any atom is 0.193 e. The maximum atomic E-state index is 5.90. The molecule has 1 N–H and O–H groups in total. The Morgan fingerprint density at radius 2 is 1.95 bits per heavy atom. The number of furan rings is 1. The van der Waals surface area contributed by atoms with Crippen LogP contribution in [-0.4, -0.2) is 19.8 Å². The van der Waals surface area contributed by atoms with Crippen molar-refractivity contribution in [3.8, 4) is 11.5 Å². The van der Waals surface area contributed by atoms with Crippen LogP contribution in [0.25, 0.3) is 0 Å². The lowest BCUT2D eigenvalue weighted by atomic mass is 10.0. The van der Waals surface area contributed by atoms with Crippen LogP contribution in [0.3, 0.4) is 0 Å². The van der Waals surface area contributed by atoms with Gasteiger partial charge in [-0.05, 0) is 54.4 Å². The lowest BCUT2D eigenvalue weighted by Crippen LogP contribution is -2.23. The molecule has 112 valence electrons. The molecule has 1 aromatic carbocycles. The molecule has 1 aromatic heterocycles. The van der Waals surface area contributed by atoms with Crippen LogP contribution in [0, 0.1) is 0 Å². The van der Waals surface area contributed by atoms with Gasteiger partial charge in [-0.25, -0.2) is 0 Å². The van der Waals surface area contributed by atoms with Gasteiger partial charge in [0.2, 0.25) is 0 Å². The summed E-state index contributed by atoms with van der Waals surface area (Å²) < 4.78 is 16.8. The molecule has 21 heavy (non-hydrogen) atoms. The topological polar surface area (TPSA) is 43.6 Å². The van der Waals surface area contributed by atoms with Gasteiger partial charge in [-0.1, -0.05) is 13.0 Å². The summed E-state index contributed by atoms with van der Waals surface area (Å²) in [4.78, 5) is 0. The minimum atomic E-state index is -0.0479. The van der Waals surface area contributed by atoms with Gasteiger partial charge in [-0.2, -0.15) is 0 Å². The number of hydrogen-bond acceptors (Lipinski definition) is 4. The first-order chi connectivity index (χ1) is 10.3. The maximum absolute atomic E-state index is 5.90. The Balaban J connectivity index is 1.92. The van der Waals surface area contributed by atoms with Gasteiger partial charge in [-0.15, -0.1) is 0 Å². The van der Waals surface area contributed by atoms with E-state index >= 15 is 0 Å². The number of rotatable bonds is 5. The van der Waals surface area contributed by atoms with Crippen LogP contribution in [0.5, 0.6) is 11.5 Å². The summed E-state index contributed by atoms with van der Waals surface area (Å²) in [5.41, 5.74) is 1.07. The highest BCUT2D eigenvalue weighted by Gasteiger charge is 2.20. The smallest absolute Gasteiger partial charge is 0.193 e. The number of ether oxygens (including phenoxy) is 2. The van der Waals surface area contributed by atoms with Gasteiger partial charge in [0.25, 0.3) is 0 Å². The molecule has 1 aliphatic heterocycles. The number of hydrogen-bond donors (Lipinski definition) is 1. The van der Waals surface area contributed by atoms with Crippen molar-refractivity contribution in [2.75, 3.05) is 19.8 Å². The lowest BCUT2D eigenvalue weighted by Gasteiger charge is -2.22. The predicted molar refractivity (Wildman–Crippen MR) is 81.3 cm³/mol. The summed E-state index contributed by atoms with van der Waals surface area (Å²) in [6, 6.07) is 9.57. The zero-order valence-electron chi connectivity index (χ0n) is 11.9. The molecule has 0 bridgehead atoms. The molecule has 0 saturated heterocycles. The number of benzene rings is 1. The Hall–Kier alpha value is -1.65. The molecule has 0 fully saturated rings. The van der Waals surface area contributed by atoms with E-state index in [4.69, 9.17) is 25.5 Å². The van der Waals surface area contributed by atoms with Gasteiger partial charge < -0.3 is 19.2 Å². The highest BCUT2D eigenvalue weighted by atomic mass is 35.5. The van der Waals surface area contributed by atoms with Gasteiger partial charge >= 0.3 is 0 Å². The fraction of sp³-hybridized carbons (Fsp3) is 0.375. The van der Waals surface area contributed by atoms with Crippen LogP contribution < -0.4 is 14.8 Å². The van der Waals surface area contributed by atoms with Gasteiger partial charge in [0, 0.05) is 0 Å². The third kappa shape index (κ3) is 3.17. The molecule has 1 atom stereocenters. The van der Waals surface area contributed by atoms with Crippen LogP contribution in [0.2, 0.25) is 5.22 Å². The van der Waals surface area contributed by atoms with E-state index < -0.39 is 0 Å². The molecule has 0 amide bonds. The molecule has 3 rings (SSSR count). The molecular weight excluding hydrogens is 290 g/mol. The highest BCUT2D eigenvalue weighted by molar-refractivity contribution is 6.28. The van der Waals surface area contributed by atoms with Crippen molar-refractivity contribution in [1.82, 2.24) is 5.32 Å². The Kier molecular flexibility index (Phi) is 4.36. The minimum absolute atomic E-state index is 0.0479. The Morgan fingerprint density at radius 1 is 1.14 bits per heavy atom. The van der Waals surface area contributed by atoms with Gasteiger partial charge in [-0.3, -0.25) is 0 Å². The molecule has 1 aliphatic rings. The molecule has 5 heteroatoms. The van der Waals surface area contributed by atoms with Crippen LogP contribution in [-0.2, 0) is 0 Å². The number of nitrogens with one attached hydrogen (secondary N) is 1. The van der Waals surface area contributed by atoms with E-state index in [1.165, 1.54) is 0 Å². The summed E-state index contributed by atoms with van der Waals surface area (Å²) in [5, 5.41) is 3.87. The van der Waals surface area contributed by atoms with E-state index in [0.717, 1.165) is 35.8 Å². The van der Waals surface area contributed by atoms with Crippen molar-refractivity contribution < 1.29 is 13.9 Å². The van der Waals surface area contributed by atoms with Crippen molar-refractivity contribution in [3.05, 3.63) is 46.9 Å². The fourth-order valence-electron chi connectivity index (χ4n) is 2.39. The first-order valence-electron chi connectivity index (χ1n) is 7.16. The van der Waals surface area contributed by atoms with Crippen molar-refractivity contribution in [1.29, 1.82) is 0 Å². The highest BCUT2D eigenvalue weighted by Crippen LogP contribution is 2.35. The van der Waals surface area contributed by atoms with Crippen molar-refractivity contribution >= 4 is 11.6 Å². The summed E-state index contributed by atoms with van der Waals surface area (Å²) in [6.45, 7) is 4.19. The minimum Gasteiger partial charge on any atom is -0.486 e. The second-order valence-corrected chi connectivity index (χ2v) is 5.30. The largest absolute Gasteiger partial charge is 0.486 e. The lowest BCUT2D eigenvalue weighted by molar-refractivity contribution is 0.171. The van der Waals surface area contributed by atoms with E-state index in [9.17, 15) is 0 Å². The summed E-state index contributed by atoms with van der Waals surface area (Å²) in [5.74, 6) is 2.36. The van der Waals surface area contributed by atoms with Crippen LogP contribution in [0.1, 0.15) is 30.7 Å². The molecule has 0 spiro atoms. The van der Waals surface area contributed by atoms with Gasteiger partial charge in [0.05, 0.1) is 6.04 Å². The molecule has 0 radical (unpaired) electrons. The predicted octanol–water partition coefficient (Wildman–Crippen LogP) is 3.79. The second-order valence-electron chi connectivity index (χ2n) is 4.93. The van der Waals surface area contributed by atoms with Crippen molar-refractivity contribution in [3.63, 3.8) is 0 Å². The molecule has 1 unspecified atom stereocenters. The van der Waals surface area contributed by atoms with Gasteiger partial charge in [0.1, 0.15) is 19.0 Å². The van der Waals surface area contributed by atoms with Gasteiger partial charge in [0.15, 0.2) is 16.7 Å². The normalized spacial score (nSPS) is 15.0. The average molecular weight is 308 g/mol.